The van der Waals surface area contributed by atoms with Crippen LogP contribution in [0.4, 0.5) is 0 Å². The Bertz CT molecular complexity index is 943. The number of ether oxygens (including phenoxy) is 1. The molecule has 1 atom stereocenters. The van der Waals surface area contributed by atoms with Crippen molar-refractivity contribution in [3.8, 4) is 22.8 Å². The number of nitrogens with one attached hydrogen (secondary N) is 1. The van der Waals surface area contributed by atoms with Gasteiger partial charge in [-0.15, -0.1) is 10.2 Å². The summed E-state index contributed by atoms with van der Waals surface area (Å²) in [6.07, 6.45) is 6.32. The normalized spacial score (nSPS) is 17.0. The Morgan fingerprint density at radius 2 is 1.89 bits per heavy atom. The van der Waals surface area contributed by atoms with Crippen LogP contribution in [0.5, 0.6) is 5.75 Å². The molecule has 0 unspecified atom stereocenters. The molecule has 0 bridgehead atoms. The molecule has 0 spiro atoms. The predicted molar refractivity (Wildman–Crippen MR) is 108 cm³/mol. The van der Waals surface area contributed by atoms with Gasteiger partial charge in [-0.05, 0) is 49.2 Å². The Hall–Kier alpha value is -2.87. The number of carbonyl (C=O) groups is 1. The molecule has 2 aromatic heterocycles. The maximum Gasteiger partial charge on any atom is 0.233 e. The fourth-order valence-electron chi connectivity index (χ4n) is 3.15. The molecule has 3 heterocycles. The monoisotopic (exact) mass is 395 g/mol. The van der Waals surface area contributed by atoms with Crippen molar-refractivity contribution in [2.75, 3.05) is 13.7 Å². The van der Waals surface area contributed by atoms with Crippen molar-refractivity contribution in [2.24, 2.45) is 0 Å². The molecule has 7 nitrogen and oxygen atoms in total. The summed E-state index contributed by atoms with van der Waals surface area (Å²) in [5.74, 6) is 1.56. The molecule has 1 aliphatic heterocycles. The maximum atomic E-state index is 12.4. The quantitative estimate of drug-likeness (QED) is 0.715. The van der Waals surface area contributed by atoms with Crippen LogP contribution in [-0.2, 0) is 4.79 Å². The summed E-state index contributed by atoms with van der Waals surface area (Å²) < 4.78 is 7.26. The van der Waals surface area contributed by atoms with Gasteiger partial charge in [-0.25, -0.2) is 0 Å². The molecular formula is C20H21N5O2S. The van der Waals surface area contributed by atoms with Gasteiger partial charge in [-0.2, -0.15) is 0 Å². The fraction of sp³-hybridized carbons (Fsp3) is 0.300. The minimum atomic E-state index is -0.172. The van der Waals surface area contributed by atoms with Gasteiger partial charge < -0.3 is 10.1 Å². The summed E-state index contributed by atoms with van der Waals surface area (Å²) in [5, 5.41) is 12.3. The topological polar surface area (TPSA) is 81.9 Å². The molecule has 1 aromatic carbocycles. The van der Waals surface area contributed by atoms with E-state index in [2.05, 4.69) is 20.5 Å². The number of rotatable bonds is 5. The number of carbonyl (C=O) groups excluding carboxylic acids is 1. The predicted octanol–water partition coefficient (Wildman–Crippen LogP) is 3.10. The first-order valence-electron chi connectivity index (χ1n) is 9.21. The summed E-state index contributed by atoms with van der Waals surface area (Å²) in [6.45, 7) is 0.739. The number of methoxy groups -OCH3 is 1. The molecule has 3 aromatic rings. The largest absolute Gasteiger partial charge is 0.497 e. The van der Waals surface area contributed by atoms with E-state index >= 15 is 0 Å². The standard InChI is InChI=1S/C20H21N5O2S/c1-27-16-7-5-15(6-8-16)25-18(14-9-12-21-13-10-14)23-24-20(25)28-17-4-2-3-11-22-19(17)26/h5-10,12-13,17H,2-4,11H2,1H3,(H,22,26)/t17-/m1/s1. The van der Waals surface area contributed by atoms with Crippen LogP contribution in [-0.4, -0.2) is 44.6 Å². The third-order valence-electron chi connectivity index (χ3n) is 4.63. The van der Waals surface area contributed by atoms with Gasteiger partial charge in [0.1, 0.15) is 5.75 Å². The minimum absolute atomic E-state index is 0.0669. The zero-order valence-corrected chi connectivity index (χ0v) is 16.4. The number of benzene rings is 1. The van der Waals surface area contributed by atoms with Crippen molar-refractivity contribution in [2.45, 2.75) is 29.7 Å². The van der Waals surface area contributed by atoms with E-state index in [-0.39, 0.29) is 11.2 Å². The maximum absolute atomic E-state index is 12.4. The van der Waals surface area contributed by atoms with Crippen molar-refractivity contribution in [3.05, 3.63) is 48.8 Å². The van der Waals surface area contributed by atoms with Gasteiger partial charge in [0.15, 0.2) is 11.0 Å². The summed E-state index contributed by atoms with van der Waals surface area (Å²) in [6, 6.07) is 11.5. The lowest BCUT2D eigenvalue weighted by Crippen LogP contribution is -2.30. The van der Waals surface area contributed by atoms with Crippen LogP contribution in [0, 0.1) is 0 Å². The van der Waals surface area contributed by atoms with Crippen LogP contribution in [0.15, 0.2) is 53.9 Å². The smallest absolute Gasteiger partial charge is 0.233 e. The van der Waals surface area contributed by atoms with Crippen LogP contribution in [0.2, 0.25) is 0 Å². The van der Waals surface area contributed by atoms with Gasteiger partial charge in [0, 0.05) is 30.2 Å². The molecule has 8 heteroatoms. The van der Waals surface area contributed by atoms with Crippen molar-refractivity contribution >= 4 is 17.7 Å². The Labute approximate surface area is 167 Å². The highest BCUT2D eigenvalue weighted by atomic mass is 32.2. The summed E-state index contributed by atoms with van der Waals surface area (Å²) in [5.41, 5.74) is 1.82. The highest BCUT2D eigenvalue weighted by Gasteiger charge is 2.26. The van der Waals surface area contributed by atoms with E-state index in [9.17, 15) is 4.79 Å². The van der Waals surface area contributed by atoms with Crippen molar-refractivity contribution in [1.82, 2.24) is 25.1 Å². The third-order valence-corrected chi connectivity index (χ3v) is 5.84. The SMILES string of the molecule is COc1ccc(-n2c(S[C@@H]3CCCCNC3=O)nnc2-c2ccncc2)cc1. The Morgan fingerprint density at radius 1 is 1.11 bits per heavy atom. The minimum Gasteiger partial charge on any atom is -0.497 e. The second kappa shape index (κ2) is 8.43. The first-order valence-corrected chi connectivity index (χ1v) is 10.1. The molecule has 1 aliphatic rings. The summed E-state index contributed by atoms with van der Waals surface area (Å²) in [4.78, 5) is 16.5. The molecule has 1 fully saturated rings. The zero-order chi connectivity index (χ0) is 19.3. The number of nitrogens with zero attached hydrogens (tertiary/aromatic N) is 4. The molecule has 4 rings (SSSR count). The highest BCUT2D eigenvalue weighted by molar-refractivity contribution is 8.00. The summed E-state index contributed by atoms with van der Waals surface area (Å²) >= 11 is 1.46. The number of aromatic nitrogens is 4. The van der Waals surface area contributed by atoms with E-state index in [1.807, 2.05) is 41.0 Å². The fourth-order valence-corrected chi connectivity index (χ4v) is 4.26. The van der Waals surface area contributed by atoms with Crippen LogP contribution < -0.4 is 10.1 Å². The third kappa shape index (κ3) is 3.87. The van der Waals surface area contributed by atoms with Crippen LogP contribution in [0.1, 0.15) is 19.3 Å². The van der Waals surface area contributed by atoms with Crippen molar-refractivity contribution in [1.29, 1.82) is 0 Å². The molecule has 0 radical (unpaired) electrons. The number of hydrogen-bond donors (Lipinski definition) is 1. The lowest BCUT2D eigenvalue weighted by molar-refractivity contribution is -0.120. The molecule has 1 N–H and O–H groups in total. The molecule has 1 saturated heterocycles. The molecular weight excluding hydrogens is 374 g/mol. The van der Waals surface area contributed by atoms with E-state index in [4.69, 9.17) is 4.74 Å². The lowest BCUT2D eigenvalue weighted by atomic mass is 10.2. The first kappa shape index (κ1) is 18.5. The van der Waals surface area contributed by atoms with Gasteiger partial charge in [-0.1, -0.05) is 18.2 Å². The Balaban J connectivity index is 1.75. The average molecular weight is 395 g/mol. The van der Waals surface area contributed by atoms with E-state index in [1.165, 1.54) is 11.8 Å². The van der Waals surface area contributed by atoms with Gasteiger partial charge in [0.2, 0.25) is 5.91 Å². The first-order chi connectivity index (χ1) is 13.8. The van der Waals surface area contributed by atoms with Crippen molar-refractivity contribution < 1.29 is 9.53 Å². The van der Waals surface area contributed by atoms with Crippen LogP contribution in [0.25, 0.3) is 17.1 Å². The van der Waals surface area contributed by atoms with Crippen LogP contribution >= 0.6 is 11.8 Å². The molecule has 28 heavy (non-hydrogen) atoms. The van der Waals surface area contributed by atoms with E-state index in [1.54, 1.807) is 19.5 Å². The van der Waals surface area contributed by atoms with E-state index in [0.717, 1.165) is 42.8 Å². The van der Waals surface area contributed by atoms with E-state index < -0.39 is 0 Å². The van der Waals surface area contributed by atoms with Gasteiger partial charge in [-0.3, -0.25) is 14.3 Å². The Morgan fingerprint density at radius 3 is 2.64 bits per heavy atom. The average Bonchev–Trinajstić information content (AvgIpc) is 3.05. The van der Waals surface area contributed by atoms with E-state index in [0.29, 0.717) is 11.0 Å². The second-order valence-electron chi connectivity index (χ2n) is 6.47. The van der Waals surface area contributed by atoms with Gasteiger partial charge >= 0.3 is 0 Å². The molecule has 1 amide bonds. The molecule has 144 valence electrons. The zero-order valence-electron chi connectivity index (χ0n) is 15.5. The van der Waals surface area contributed by atoms with Gasteiger partial charge in [0.25, 0.3) is 0 Å². The number of thioether (sulfide) groups is 1. The number of hydrogen-bond acceptors (Lipinski definition) is 6. The lowest BCUT2D eigenvalue weighted by Gasteiger charge is -2.15. The number of pyridine rings is 1. The van der Waals surface area contributed by atoms with Crippen LogP contribution in [0.3, 0.4) is 0 Å². The Kier molecular flexibility index (Phi) is 5.57. The van der Waals surface area contributed by atoms with Gasteiger partial charge in [0.05, 0.1) is 12.4 Å². The molecule has 0 saturated carbocycles. The second-order valence-corrected chi connectivity index (χ2v) is 7.64. The van der Waals surface area contributed by atoms with Crippen molar-refractivity contribution in [3.63, 3.8) is 0 Å². The highest BCUT2D eigenvalue weighted by Crippen LogP contribution is 2.32. The number of amides is 1. The molecule has 0 aliphatic carbocycles. The summed E-state index contributed by atoms with van der Waals surface area (Å²) in [7, 11) is 1.64.